The second kappa shape index (κ2) is 6.41. The Balaban J connectivity index is 1.79. The van der Waals surface area contributed by atoms with Crippen molar-refractivity contribution in [1.82, 2.24) is 9.97 Å². The average Bonchev–Trinajstić information content (AvgIpc) is 3.08. The molecule has 2 heterocycles. The van der Waals surface area contributed by atoms with Crippen molar-refractivity contribution in [2.75, 3.05) is 5.73 Å². The van der Waals surface area contributed by atoms with E-state index in [0.717, 1.165) is 24.1 Å². The highest BCUT2D eigenvalue weighted by Gasteiger charge is 2.12. The highest BCUT2D eigenvalue weighted by molar-refractivity contribution is 5.69. The molecule has 0 aliphatic heterocycles. The van der Waals surface area contributed by atoms with Crippen LogP contribution in [0, 0.1) is 0 Å². The molecule has 2 aromatic heterocycles. The number of nitrogens with zero attached hydrogens (tertiary/aromatic N) is 2. The van der Waals surface area contributed by atoms with Crippen molar-refractivity contribution in [2.24, 2.45) is 5.73 Å². The molecule has 112 valence electrons. The summed E-state index contributed by atoms with van der Waals surface area (Å²) in [6.07, 6.45) is 4.73. The molecular weight excluding hydrogens is 276 g/mol. The van der Waals surface area contributed by atoms with Gasteiger partial charge in [0.25, 0.3) is 0 Å². The Labute approximate surface area is 129 Å². The van der Waals surface area contributed by atoms with Crippen molar-refractivity contribution in [3.63, 3.8) is 0 Å². The van der Waals surface area contributed by atoms with Crippen molar-refractivity contribution in [1.29, 1.82) is 0 Å². The van der Waals surface area contributed by atoms with Crippen LogP contribution in [-0.4, -0.2) is 9.97 Å². The molecule has 5 nitrogen and oxygen atoms in total. The van der Waals surface area contributed by atoms with Crippen molar-refractivity contribution in [2.45, 2.75) is 19.4 Å². The first-order valence-electron chi connectivity index (χ1n) is 7.19. The van der Waals surface area contributed by atoms with Gasteiger partial charge < -0.3 is 15.9 Å². The Hall–Kier alpha value is -2.66. The third-order valence-electron chi connectivity index (χ3n) is 3.60. The quantitative estimate of drug-likeness (QED) is 0.754. The zero-order valence-electron chi connectivity index (χ0n) is 12.2. The van der Waals surface area contributed by atoms with Crippen LogP contribution in [0.1, 0.15) is 16.8 Å². The second-order valence-corrected chi connectivity index (χ2v) is 5.08. The third kappa shape index (κ3) is 2.99. The molecule has 5 heteroatoms. The van der Waals surface area contributed by atoms with Gasteiger partial charge in [-0.1, -0.05) is 24.3 Å². The number of furan rings is 1. The molecule has 0 radical (unpaired) electrons. The molecule has 1 aromatic carbocycles. The first-order valence-corrected chi connectivity index (χ1v) is 7.19. The summed E-state index contributed by atoms with van der Waals surface area (Å²) in [6.45, 7) is 0.548. The topological polar surface area (TPSA) is 91.0 Å². The van der Waals surface area contributed by atoms with Crippen LogP contribution < -0.4 is 11.5 Å². The van der Waals surface area contributed by atoms with E-state index in [1.807, 2.05) is 24.3 Å². The summed E-state index contributed by atoms with van der Waals surface area (Å²) in [5.41, 5.74) is 16.3. The summed E-state index contributed by atoms with van der Waals surface area (Å²) in [7, 11) is 0. The van der Waals surface area contributed by atoms with Crippen LogP contribution in [0.25, 0.3) is 11.5 Å². The van der Waals surface area contributed by atoms with Crippen molar-refractivity contribution < 1.29 is 4.42 Å². The van der Waals surface area contributed by atoms with Gasteiger partial charge in [-0.15, -0.1) is 0 Å². The smallest absolute Gasteiger partial charge is 0.154 e. The second-order valence-electron chi connectivity index (χ2n) is 5.08. The first kappa shape index (κ1) is 14.3. The van der Waals surface area contributed by atoms with Gasteiger partial charge in [-0.25, -0.2) is 9.97 Å². The molecule has 0 unspecified atom stereocenters. The Morgan fingerprint density at radius 2 is 1.86 bits per heavy atom. The first-order chi connectivity index (χ1) is 10.8. The van der Waals surface area contributed by atoms with Crippen molar-refractivity contribution in [3.05, 3.63) is 65.8 Å². The number of rotatable bonds is 5. The standard InChI is InChI=1S/C17H18N4O/c18-10-13-4-1-3-12(9-13)6-7-14-16(19)17(21-11-20-14)15-5-2-8-22-15/h1-5,8-9,11H,6-7,10,18-19H2. The predicted octanol–water partition coefficient (Wildman–Crippen LogP) is 2.56. The summed E-state index contributed by atoms with van der Waals surface area (Å²) >= 11 is 0. The lowest BCUT2D eigenvalue weighted by Crippen LogP contribution is -2.04. The van der Waals surface area contributed by atoms with Gasteiger partial charge in [0.2, 0.25) is 0 Å². The van der Waals surface area contributed by atoms with Gasteiger partial charge in [0, 0.05) is 6.54 Å². The average molecular weight is 294 g/mol. The summed E-state index contributed by atoms with van der Waals surface area (Å²) in [6, 6.07) is 11.9. The number of anilines is 1. The zero-order valence-corrected chi connectivity index (χ0v) is 12.2. The van der Waals surface area contributed by atoms with Gasteiger partial charge >= 0.3 is 0 Å². The molecule has 3 aromatic rings. The van der Waals surface area contributed by atoms with E-state index in [0.29, 0.717) is 23.7 Å². The van der Waals surface area contributed by atoms with E-state index in [1.165, 1.54) is 11.9 Å². The lowest BCUT2D eigenvalue weighted by Gasteiger charge is -2.08. The fraction of sp³-hybridized carbons (Fsp3) is 0.176. The molecule has 0 fully saturated rings. The molecule has 0 aliphatic rings. The maximum absolute atomic E-state index is 6.19. The maximum Gasteiger partial charge on any atom is 0.154 e. The monoisotopic (exact) mass is 294 g/mol. The minimum Gasteiger partial charge on any atom is -0.463 e. The zero-order chi connectivity index (χ0) is 15.4. The van der Waals surface area contributed by atoms with Crippen LogP contribution in [0.15, 0.2) is 53.4 Å². The summed E-state index contributed by atoms with van der Waals surface area (Å²) < 4.78 is 5.36. The minimum absolute atomic E-state index is 0.548. The van der Waals surface area contributed by atoms with Gasteiger partial charge in [0.1, 0.15) is 12.0 Å². The van der Waals surface area contributed by atoms with E-state index >= 15 is 0 Å². The Morgan fingerprint density at radius 1 is 1.00 bits per heavy atom. The molecule has 0 atom stereocenters. The van der Waals surface area contributed by atoms with Crippen molar-refractivity contribution in [3.8, 4) is 11.5 Å². The molecular formula is C17H18N4O. The van der Waals surface area contributed by atoms with Gasteiger partial charge in [0.15, 0.2) is 5.76 Å². The van der Waals surface area contributed by atoms with E-state index in [1.54, 1.807) is 6.26 Å². The fourth-order valence-electron chi connectivity index (χ4n) is 2.42. The normalized spacial score (nSPS) is 10.8. The Morgan fingerprint density at radius 3 is 2.64 bits per heavy atom. The molecule has 0 aliphatic carbocycles. The molecule has 0 bridgehead atoms. The highest BCUT2D eigenvalue weighted by atomic mass is 16.3. The molecule has 0 saturated heterocycles. The lowest BCUT2D eigenvalue weighted by molar-refractivity contribution is 0.580. The molecule has 4 N–H and O–H groups in total. The third-order valence-corrected chi connectivity index (χ3v) is 3.60. The number of nitrogens with two attached hydrogens (primary N) is 2. The maximum atomic E-state index is 6.19. The summed E-state index contributed by atoms with van der Waals surface area (Å²) in [4.78, 5) is 8.52. The van der Waals surface area contributed by atoms with Crippen LogP contribution in [0.2, 0.25) is 0 Å². The van der Waals surface area contributed by atoms with E-state index in [2.05, 4.69) is 22.1 Å². The molecule has 22 heavy (non-hydrogen) atoms. The molecule has 0 saturated carbocycles. The number of nitrogen functional groups attached to an aromatic ring is 1. The highest BCUT2D eigenvalue weighted by Crippen LogP contribution is 2.26. The van der Waals surface area contributed by atoms with Crippen LogP contribution in [0.4, 0.5) is 5.69 Å². The van der Waals surface area contributed by atoms with Crippen molar-refractivity contribution >= 4 is 5.69 Å². The largest absolute Gasteiger partial charge is 0.463 e. The lowest BCUT2D eigenvalue weighted by atomic mass is 10.0. The van der Waals surface area contributed by atoms with Crippen LogP contribution in [0.5, 0.6) is 0 Å². The van der Waals surface area contributed by atoms with Gasteiger partial charge in [-0.05, 0) is 36.1 Å². The van der Waals surface area contributed by atoms with Crippen LogP contribution in [0.3, 0.4) is 0 Å². The fourth-order valence-corrected chi connectivity index (χ4v) is 2.42. The van der Waals surface area contributed by atoms with Gasteiger partial charge in [-0.3, -0.25) is 0 Å². The van der Waals surface area contributed by atoms with E-state index in [-0.39, 0.29) is 0 Å². The Kier molecular flexibility index (Phi) is 4.16. The van der Waals surface area contributed by atoms with Crippen LogP contribution >= 0.6 is 0 Å². The Bertz CT molecular complexity index is 753. The van der Waals surface area contributed by atoms with Crippen LogP contribution in [-0.2, 0) is 19.4 Å². The predicted molar refractivity (Wildman–Crippen MR) is 85.9 cm³/mol. The SMILES string of the molecule is NCc1cccc(CCc2ncnc(-c3ccco3)c2N)c1. The summed E-state index contributed by atoms with van der Waals surface area (Å²) in [5.74, 6) is 0.659. The van der Waals surface area contributed by atoms with E-state index in [4.69, 9.17) is 15.9 Å². The molecule has 0 amide bonds. The summed E-state index contributed by atoms with van der Waals surface area (Å²) in [5, 5.41) is 0. The van der Waals surface area contributed by atoms with Gasteiger partial charge in [0.05, 0.1) is 17.6 Å². The number of hydrogen-bond acceptors (Lipinski definition) is 5. The number of hydrogen-bond donors (Lipinski definition) is 2. The number of aryl methyl sites for hydroxylation is 2. The number of benzene rings is 1. The van der Waals surface area contributed by atoms with Gasteiger partial charge in [-0.2, -0.15) is 0 Å². The minimum atomic E-state index is 0.548. The van der Waals surface area contributed by atoms with E-state index < -0.39 is 0 Å². The van der Waals surface area contributed by atoms with E-state index in [9.17, 15) is 0 Å². The molecule has 0 spiro atoms. The molecule has 3 rings (SSSR count). The number of aromatic nitrogens is 2.